The lowest BCUT2D eigenvalue weighted by Gasteiger charge is -2.37. The van der Waals surface area contributed by atoms with Crippen LogP contribution in [0.5, 0.6) is 0 Å². The van der Waals surface area contributed by atoms with Crippen LogP contribution in [0.2, 0.25) is 0 Å². The summed E-state index contributed by atoms with van der Waals surface area (Å²) < 4.78 is 1.58. The first kappa shape index (κ1) is 15.0. The highest BCUT2D eigenvalue weighted by Crippen LogP contribution is 2.47. The second kappa shape index (κ2) is 5.90. The van der Waals surface area contributed by atoms with Gasteiger partial charge in [0.05, 0.1) is 17.2 Å². The number of aliphatic hydroxyl groups is 1. The summed E-state index contributed by atoms with van der Waals surface area (Å²) in [4.78, 5) is 4.27. The van der Waals surface area contributed by atoms with Gasteiger partial charge >= 0.3 is 0 Å². The maximum Gasteiger partial charge on any atom is 0.116 e. The molecule has 2 rings (SSSR count). The van der Waals surface area contributed by atoms with E-state index in [1.54, 1.807) is 6.20 Å². The van der Waals surface area contributed by atoms with Crippen molar-refractivity contribution in [1.29, 1.82) is 5.26 Å². The van der Waals surface area contributed by atoms with Crippen LogP contribution in [0.4, 0.5) is 0 Å². The molecule has 1 fully saturated rings. The van der Waals surface area contributed by atoms with E-state index in [1.165, 1.54) is 0 Å². The first-order valence-electron chi connectivity index (χ1n) is 6.39. The lowest BCUT2D eigenvalue weighted by molar-refractivity contribution is 0.0231. The molecule has 5 heteroatoms. The molecule has 1 aliphatic rings. The first-order chi connectivity index (χ1) is 8.98. The number of nitriles is 1. The zero-order valence-corrected chi connectivity index (χ0v) is 13.9. The summed E-state index contributed by atoms with van der Waals surface area (Å²) in [7, 11) is 0. The molecule has 0 aromatic carbocycles. The van der Waals surface area contributed by atoms with Gasteiger partial charge in [-0.25, -0.2) is 0 Å². The Labute approximate surface area is 130 Å². The minimum Gasteiger partial charge on any atom is -0.385 e. The molecule has 0 aliphatic heterocycles. The van der Waals surface area contributed by atoms with E-state index in [4.69, 9.17) is 0 Å². The van der Waals surface area contributed by atoms with E-state index in [-0.39, 0.29) is 0 Å². The van der Waals surface area contributed by atoms with Gasteiger partial charge in [0.25, 0.3) is 0 Å². The number of pyridine rings is 1. The number of rotatable bonds is 2. The van der Waals surface area contributed by atoms with Crippen molar-refractivity contribution in [3.05, 3.63) is 26.9 Å². The molecule has 1 heterocycles. The highest BCUT2D eigenvalue weighted by molar-refractivity contribution is 9.11. The number of hydrogen-bond donors (Lipinski definition) is 1. The van der Waals surface area contributed by atoms with Crippen molar-refractivity contribution in [2.45, 2.75) is 38.7 Å². The number of hydrogen-bond acceptors (Lipinski definition) is 3. The SMILES string of the molecule is CC1CCC(C#N)(C(O)c2ncc(Br)cc2Br)CC1. The van der Waals surface area contributed by atoms with Crippen LogP contribution in [-0.2, 0) is 0 Å². The van der Waals surface area contributed by atoms with Gasteiger partial charge in [0.2, 0.25) is 0 Å². The smallest absolute Gasteiger partial charge is 0.116 e. The predicted molar refractivity (Wildman–Crippen MR) is 80.3 cm³/mol. The minimum atomic E-state index is -0.840. The van der Waals surface area contributed by atoms with E-state index in [0.29, 0.717) is 11.6 Å². The molecule has 0 spiro atoms. The van der Waals surface area contributed by atoms with Crippen molar-refractivity contribution in [1.82, 2.24) is 4.98 Å². The monoisotopic (exact) mass is 386 g/mol. The molecule has 1 N–H and O–H groups in total. The van der Waals surface area contributed by atoms with Crippen molar-refractivity contribution in [2.75, 3.05) is 0 Å². The van der Waals surface area contributed by atoms with Crippen LogP contribution in [0.25, 0.3) is 0 Å². The molecule has 1 atom stereocenters. The lowest BCUT2D eigenvalue weighted by atomic mass is 9.68. The van der Waals surface area contributed by atoms with Crippen molar-refractivity contribution in [2.24, 2.45) is 11.3 Å². The normalized spacial score (nSPS) is 28.7. The van der Waals surface area contributed by atoms with E-state index in [1.807, 2.05) is 6.07 Å². The quantitative estimate of drug-likeness (QED) is 0.819. The number of nitrogens with zero attached hydrogens (tertiary/aromatic N) is 2. The molecule has 1 aromatic heterocycles. The third-order valence-electron chi connectivity index (χ3n) is 4.01. The van der Waals surface area contributed by atoms with Crippen molar-refractivity contribution in [3.63, 3.8) is 0 Å². The molecule has 102 valence electrons. The Morgan fingerprint density at radius 1 is 1.47 bits per heavy atom. The van der Waals surface area contributed by atoms with Crippen LogP contribution < -0.4 is 0 Å². The van der Waals surface area contributed by atoms with Crippen LogP contribution >= 0.6 is 31.9 Å². The van der Waals surface area contributed by atoms with Crippen molar-refractivity contribution in [3.8, 4) is 6.07 Å². The summed E-state index contributed by atoms with van der Waals surface area (Å²) in [5, 5.41) is 20.2. The standard InChI is InChI=1S/C14H16Br2N2O/c1-9-2-4-14(8-17,5-3-9)13(19)12-11(16)6-10(15)7-18-12/h6-7,9,13,19H,2-5H2,1H3. The molecule has 19 heavy (non-hydrogen) atoms. The molecular weight excluding hydrogens is 372 g/mol. The molecule has 1 aliphatic carbocycles. The van der Waals surface area contributed by atoms with Crippen molar-refractivity contribution >= 4 is 31.9 Å². The second-order valence-electron chi connectivity index (χ2n) is 5.37. The zero-order valence-electron chi connectivity index (χ0n) is 10.7. The fraction of sp³-hybridized carbons (Fsp3) is 0.571. The highest BCUT2D eigenvalue weighted by Gasteiger charge is 2.43. The summed E-state index contributed by atoms with van der Waals surface area (Å²) in [6.45, 7) is 2.20. The minimum absolute atomic E-state index is 0.555. The van der Waals surface area contributed by atoms with Crippen molar-refractivity contribution < 1.29 is 5.11 Å². The molecule has 0 radical (unpaired) electrons. The molecule has 0 saturated heterocycles. The van der Waals surface area contributed by atoms with Gasteiger partial charge in [-0.2, -0.15) is 5.26 Å². The van der Waals surface area contributed by atoms with Gasteiger partial charge in [-0.1, -0.05) is 6.92 Å². The lowest BCUT2D eigenvalue weighted by Crippen LogP contribution is -2.32. The topological polar surface area (TPSA) is 56.9 Å². The van der Waals surface area contributed by atoms with Gasteiger partial charge in [-0.3, -0.25) is 4.98 Å². The summed E-state index contributed by atoms with van der Waals surface area (Å²) in [6.07, 6.45) is 4.25. The predicted octanol–water partition coefficient (Wildman–Crippen LogP) is 4.36. The zero-order chi connectivity index (χ0) is 14.0. The molecule has 0 bridgehead atoms. The van der Waals surface area contributed by atoms with E-state index < -0.39 is 11.5 Å². The molecule has 1 saturated carbocycles. The van der Waals surface area contributed by atoms with E-state index in [0.717, 1.165) is 34.6 Å². The molecule has 1 unspecified atom stereocenters. The summed E-state index contributed by atoms with van der Waals surface area (Å²) >= 11 is 6.76. The van der Waals surface area contributed by atoms with Gasteiger partial charge in [0.15, 0.2) is 0 Å². The van der Waals surface area contributed by atoms with Crippen LogP contribution in [0.3, 0.4) is 0 Å². The molecule has 1 aromatic rings. The third-order valence-corrected chi connectivity index (χ3v) is 5.08. The largest absolute Gasteiger partial charge is 0.385 e. The Morgan fingerprint density at radius 3 is 2.63 bits per heavy atom. The Bertz CT molecular complexity index is 505. The Kier molecular flexibility index (Phi) is 4.65. The van der Waals surface area contributed by atoms with Crippen LogP contribution in [0, 0.1) is 22.7 Å². The second-order valence-corrected chi connectivity index (χ2v) is 7.14. The highest BCUT2D eigenvalue weighted by atomic mass is 79.9. The van der Waals surface area contributed by atoms with Gasteiger partial charge < -0.3 is 5.11 Å². The summed E-state index contributed by atoms with van der Waals surface area (Å²) in [6, 6.07) is 4.20. The maximum absolute atomic E-state index is 10.6. The fourth-order valence-corrected chi connectivity index (χ4v) is 3.82. The Morgan fingerprint density at radius 2 is 2.11 bits per heavy atom. The average molecular weight is 388 g/mol. The number of halogens is 2. The van der Waals surface area contributed by atoms with Gasteiger partial charge in [-0.05, 0) is 69.5 Å². The first-order valence-corrected chi connectivity index (χ1v) is 7.97. The summed E-state index contributed by atoms with van der Waals surface area (Å²) in [5.74, 6) is 0.634. The fourth-order valence-electron chi connectivity index (χ4n) is 2.61. The van der Waals surface area contributed by atoms with Crippen LogP contribution in [0.15, 0.2) is 21.2 Å². The van der Waals surface area contributed by atoms with Gasteiger partial charge in [0, 0.05) is 15.1 Å². The molecular formula is C14H16Br2N2O. The van der Waals surface area contributed by atoms with Crippen LogP contribution in [-0.4, -0.2) is 10.1 Å². The Balaban J connectivity index is 2.31. The van der Waals surface area contributed by atoms with E-state index in [2.05, 4.69) is 49.8 Å². The van der Waals surface area contributed by atoms with Gasteiger partial charge in [0.1, 0.15) is 6.10 Å². The summed E-state index contributed by atoms with van der Waals surface area (Å²) in [5.41, 5.74) is -0.144. The van der Waals surface area contributed by atoms with Crippen LogP contribution in [0.1, 0.15) is 44.4 Å². The third kappa shape index (κ3) is 3.01. The maximum atomic E-state index is 10.6. The Hall–Kier alpha value is -0.440. The molecule has 0 amide bonds. The molecule has 3 nitrogen and oxygen atoms in total. The number of aromatic nitrogens is 1. The number of aliphatic hydroxyl groups excluding tert-OH is 1. The van der Waals surface area contributed by atoms with E-state index >= 15 is 0 Å². The average Bonchev–Trinajstić information content (AvgIpc) is 2.39. The van der Waals surface area contributed by atoms with E-state index in [9.17, 15) is 10.4 Å². The van der Waals surface area contributed by atoms with Gasteiger partial charge in [-0.15, -0.1) is 0 Å².